The number of hydrogen-bond acceptors (Lipinski definition) is 7. The molecule has 1 heterocycles. The number of carbonyl (C=O) groups excluding carboxylic acids is 5. The van der Waals surface area contributed by atoms with Gasteiger partial charge in [0.05, 0.1) is 0 Å². The summed E-state index contributed by atoms with van der Waals surface area (Å²) >= 11 is 0. The molecular weight excluding hydrogens is 358 g/mol. The monoisotopic (exact) mass is 375 g/mol. The number of ketones is 1. The van der Waals surface area contributed by atoms with Crippen LogP contribution in [0.2, 0.25) is 0 Å². The van der Waals surface area contributed by atoms with Gasteiger partial charge in [0.1, 0.15) is 26.2 Å². The van der Waals surface area contributed by atoms with Gasteiger partial charge in [0.2, 0.25) is 5.91 Å². The van der Waals surface area contributed by atoms with Crippen molar-refractivity contribution in [3.8, 4) is 0 Å². The lowest BCUT2D eigenvalue weighted by atomic mass is 10.2. The summed E-state index contributed by atoms with van der Waals surface area (Å²) in [6.07, 6.45) is 1.26. The van der Waals surface area contributed by atoms with Gasteiger partial charge in [0.25, 0.3) is 5.91 Å². The summed E-state index contributed by atoms with van der Waals surface area (Å²) in [4.78, 5) is 62.0. The Hall–Kier alpha value is -3.69. The van der Waals surface area contributed by atoms with Gasteiger partial charge in [-0.05, 0) is 11.6 Å². The van der Waals surface area contributed by atoms with Crippen LogP contribution in [-0.4, -0.2) is 54.4 Å². The zero-order valence-electron chi connectivity index (χ0n) is 14.2. The van der Waals surface area contributed by atoms with Crippen molar-refractivity contribution in [2.45, 2.75) is 6.61 Å². The normalized spacial score (nSPS) is 13.1. The third-order valence-electron chi connectivity index (χ3n) is 3.20. The van der Waals surface area contributed by atoms with Crippen molar-refractivity contribution in [3.05, 3.63) is 48.0 Å². The molecule has 0 atom stereocenters. The molecule has 0 saturated carbocycles. The highest BCUT2D eigenvalue weighted by atomic mass is 16.7. The lowest BCUT2D eigenvalue weighted by Crippen LogP contribution is -2.43. The van der Waals surface area contributed by atoms with E-state index in [2.05, 4.69) is 15.5 Å². The standard InChI is InChI=1S/C17H17N3O7/c21-13-6-7-15(23)20(10-13)27-16(24)9-18-14(22)8-19-17(25)26-11-12-4-2-1-3-5-12/h1-7H,8-11H2,(H,18,22)(H,19,25). The van der Waals surface area contributed by atoms with Crippen LogP contribution in [0.1, 0.15) is 5.56 Å². The van der Waals surface area contributed by atoms with E-state index in [1.165, 1.54) is 0 Å². The lowest BCUT2D eigenvalue weighted by Gasteiger charge is -2.20. The molecule has 10 nitrogen and oxygen atoms in total. The number of amides is 3. The second kappa shape index (κ2) is 9.70. The van der Waals surface area contributed by atoms with Crippen molar-refractivity contribution in [1.29, 1.82) is 0 Å². The third kappa shape index (κ3) is 6.98. The molecule has 27 heavy (non-hydrogen) atoms. The Labute approximate surface area is 154 Å². The van der Waals surface area contributed by atoms with Crippen LogP contribution in [-0.2, 0) is 35.4 Å². The Morgan fingerprint density at radius 1 is 1.00 bits per heavy atom. The number of hydroxylamine groups is 2. The first kappa shape index (κ1) is 19.6. The summed E-state index contributed by atoms with van der Waals surface area (Å²) in [5.74, 6) is -2.65. The molecule has 0 bridgehead atoms. The fraction of sp³-hybridized carbons (Fsp3) is 0.235. The van der Waals surface area contributed by atoms with E-state index >= 15 is 0 Å². The number of nitrogens with one attached hydrogen (secondary N) is 2. The Kier molecular flexibility index (Phi) is 7.06. The summed E-state index contributed by atoms with van der Waals surface area (Å²) in [5.41, 5.74) is 0.792. The van der Waals surface area contributed by atoms with Gasteiger partial charge >= 0.3 is 12.1 Å². The topological polar surface area (TPSA) is 131 Å². The molecule has 3 amide bonds. The van der Waals surface area contributed by atoms with Gasteiger partial charge in [-0.2, -0.15) is 5.06 Å². The molecule has 1 aromatic rings. The van der Waals surface area contributed by atoms with Gasteiger partial charge in [-0.15, -0.1) is 0 Å². The first-order valence-electron chi connectivity index (χ1n) is 7.88. The molecule has 142 valence electrons. The third-order valence-corrected chi connectivity index (χ3v) is 3.20. The highest BCUT2D eigenvalue weighted by Crippen LogP contribution is 2.01. The van der Waals surface area contributed by atoms with Crippen LogP contribution < -0.4 is 10.6 Å². The summed E-state index contributed by atoms with van der Waals surface area (Å²) in [6.45, 7) is -1.28. The Balaban J connectivity index is 1.62. The molecule has 0 aromatic heterocycles. The zero-order valence-corrected chi connectivity index (χ0v) is 14.2. The van der Waals surface area contributed by atoms with Crippen molar-refractivity contribution < 1.29 is 33.5 Å². The second-order valence-corrected chi connectivity index (χ2v) is 5.33. The fourth-order valence-corrected chi connectivity index (χ4v) is 1.91. The molecule has 2 rings (SSSR count). The number of rotatable bonds is 7. The van der Waals surface area contributed by atoms with Crippen LogP contribution in [0.5, 0.6) is 0 Å². The van der Waals surface area contributed by atoms with E-state index < -0.39 is 42.7 Å². The van der Waals surface area contributed by atoms with Crippen LogP contribution in [0.3, 0.4) is 0 Å². The highest BCUT2D eigenvalue weighted by molar-refractivity contribution is 6.04. The first-order chi connectivity index (χ1) is 12.9. The molecule has 0 fully saturated rings. The SMILES string of the molecule is O=C1C=CC(=O)N(OC(=O)CNC(=O)CNC(=O)OCc2ccccc2)C1. The number of benzene rings is 1. The quantitative estimate of drug-likeness (QED) is 0.654. The number of ether oxygens (including phenoxy) is 1. The average Bonchev–Trinajstić information content (AvgIpc) is 2.66. The second-order valence-electron chi connectivity index (χ2n) is 5.33. The minimum absolute atomic E-state index is 0.0532. The summed E-state index contributed by atoms with van der Waals surface area (Å²) in [5, 5.41) is 5.02. The molecule has 1 aromatic carbocycles. The molecular formula is C17H17N3O7. The van der Waals surface area contributed by atoms with E-state index in [0.717, 1.165) is 17.7 Å². The van der Waals surface area contributed by atoms with Crippen LogP contribution in [0, 0.1) is 0 Å². The van der Waals surface area contributed by atoms with Gasteiger partial charge < -0.3 is 20.2 Å². The molecule has 0 radical (unpaired) electrons. The maximum Gasteiger partial charge on any atom is 0.407 e. The smallest absolute Gasteiger partial charge is 0.407 e. The van der Waals surface area contributed by atoms with Gasteiger partial charge in [0, 0.05) is 6.08 Å². The summed E-state index contributed by atoms with van der Waals surface area (Å²) in [7, 11) is 0. The Morgan fingerprint density at radius 2 is 1.74 bits per heavy atom. The zero-order chi connectivity index (χ0) is 19.6. The maximum absolute atomic E-state index is 11.6. The fourth-order valence-electron chi connectivity index (χ4n) is 1.91. The van der Waals surface area contributed by atoms with E-state index in [-0.39, 0.29) is 13.2 Å². The Morgan fingerprint density at radius 3 is 2.48 bits per heavy atom. The molecule has 1 aliphatic heterocycles. The van der Waals surface area contributed by atoms with Crippen LogP contribution in [0.4, 0.5) is 4.79 Å². The summed E-state index contributed by atoms with van der Waals surface area (Å²) < 4.78 is 4.92. The largest absolute Gasteiger partial charge is 0.445 e. The predicted molar refractivity (Wildman–Crippen MR) is 89.6 cm³/mol. The van der Waals surface area contributed by atoms with Crippen LogP contribution in [0.25, 0.3) is 0 Å². The number of nitrogens with zero attached hydrogens (tertiary/aromatic N) is 1. The van der Waals surface area contributed by atoms with Crippen LogP contribution >= 0.6 is 0 Å². The Bertz CT molecular complexity index is 761. The molecule has 10 heteroatoms. The number of carbonyl (C=O) groups is 5. The van der Waals surface area contributed by atoms with E-state index in [1.807, 2.05) is 6.07 Å². The highest BCUT2D eigenvalue weighted by Gasteiger charge is 2.23. The molecule has 0 aliphatic carbocycles. The lowest BCUT2D eigenvalue weighted by molar-refractivity contribution is -0.195. The minimum Gasteiger partial charge on any atom is -0.445 e. The van der Waals surface area contributed by atoms with E-state index in [9.17, 15) is 24.0 Å². The van der Waals surface area contributed by atoms with Gasteiger partial charge in [-0.3, -0.25) is 14.4 Å². The van der Waals surface area contributed by atoms with Gasteiger partial charge in [0.15, 0.2) is 5.78 Å². The van der Waals surface area contributed by atoms with Crippen LogP contribution in [0.15, 0.2) is 42.5 Å². The van der Waals surface area contributed by atoms with E-state index in [4.69, 9.17) is 4.74 Å². The van der Waals surface area contributed by atoms with Crippen molar-refractivity contribution >= 4 is 29.7 Å². The van der Waals surface area contributed by atoms with Crippen molar-refractivity contribution in [1.82, 2.24) is 15.7 Å². The maximum atomic E-state index is 11.6. The number of alkyl carbamates (subject to hydrolysis) is 1. The average molecular weight is 375 g/mol. The predicted octanol–water partition coefficient (Wildman–Crippen LogP) is -0.545. The van der Waals surface area contributed by atoms with Crippen molar-refractivity contribution in [2.24, 2.45) is 0 Å². The van der Waals surface area contributed by atoms with Gasteiger partial charge in [-0.1, -0.05) is 30.3 Å². The van der Waals surface area contributed by atoms with Crippen molar-refractivity contribution in [2.75, 3.05) is 19.6 Å². The molecule has 2 N–H and O–H groups in total. The molecule has 0 spiro atoms. The van der Waals surface area contributed by atoms with Crippen molar-refractivity contribution in [3.63, 3.8) is 0 Å². The summed E-state index contributed by atoms with van der Waals surface area (Å²) in [6, 6.07) is 8.98. The van der Waals surface area contributed by atoms with Gasteiger partial charge in [-0.25, -0.2) is 9.59 Å². The molecule has 1 aliphatic rings. The number of hydrogen-bond donors (Lipinski definition) is 2. The first-order valence-corrected chi connectivity index (χ1v) is 7.88. The van der Waals surface area contributed by atoms with E-state index in [0.29, 0.717) is 5.06 Å². The minimum atomic E-state index is -0.938. The van der Waals surface area contributed by atoms with E-state index in [1.54, 1.807) is 24.3 Å². The molecule has 0 saturated heterocycles. The molecule has 0 unspecified atom stereocenters.